The van der Waals surface area contributed by atoms with E-state index in [1.54, 1.807) is 20.3 Å². The molecule has 6 nitrogen and oxygen atoms in total. The van der Waals surface area contributed by atoms with Gasteiger partial charge in [-0.1, -0.05) is 0 Å². The fourth-order valence-corrected chi connectivity index (χ4v) is 2.40. The average Bonchev–Trinajstić information content (AvgIpc) is 2.53. The van der Waals surface area contributed by atoms with Crippen molar-refractivity contribution >= 4 is 11.4 Å². The van der Waals surface area contributed by atoms with E-state index >= 15 is 0 Å². The van der Waals surface area contributed by atoms with E-state index in [9.17, 15) is 0 Å². The molecule has 21 heavy (non-hydrogen) atoms. The zero-order valence-corrected chi connectivity index (χ0v) is 12.9. The van der Waals surface area contributed by atoms with Gasteiger partial charge in [-0.15, -0.1) is 0 Å². The molecule has 6 heteroatoms. The van der Waals surface area contributed by atoms with Crippen LogP contribution in [0, 0.1) is 0 Å². The Kier molecular flexibility index (Phi) is 5.95. The van der Waals surface area contributed by atoms with Gasteiger partial charge in [-0.25, -0.2) is 0 Å². The summed E-state index contributed by atoms with van der Waals surface area (Å²) in [7, 11) is 3.23. The number of nitrogen functional groups attached to an aromatic ring is 1. The van der Waals surface area contributed by atoms with Crippen LogP contribution in [-0.4, -0.2) is 58.5 Å². The predicted molar refractivity (Wildman–Crippen MR) is 84.3 cm³/mol. The van der Waals surface area contributed by atoms with Crippen LogP contribution in [0.25, 0.3) is 0 Å². The van der Waals surface area contributed by atoms with E-state index in [2.05, 4.69) is 10.2 Å². The van der Waals surface area contributed by atoms with Gasteiger partial charge >= 0.3 is 0 Å². The molecule has 3 N–H and O–H groups in total. The molecule has 118 valence electrons. The topological polar surface area (TPSA) is 69.0 Å². The van der Waals surface area contributed by atoms with Gasteiger partial charge in [0, 0.05) is 31.8 Å². The third kappa shape index (κ3) is 4.41. The van der Waals surface area contributed by atoms with Gasteiger partial charge < -0.3 is 25.3 Å². The molecule has 1 aromatic rings. The van der Waals surface area contributed by atoms with Crippen molar-refractivity contribution in [2.75, 3.05) is 64.7 Å². The van der Waals surface area contributed by atoms with E-state index in [-0.39, 0.29) is 0 Å². The number of nitrogens with one attached hydrogen (secondary N) is 1. The quantitative estimate of drug-likeness (QED) is 0.586. The smallest absolute Gasteiger partial charge is 0.162 e. The first-order chi connectivity index (χ1) is 10.2. The van der Waals surface area contributed by atoms with Crippen molar-refractivity contribution in [1.29, 1.82) is 0 Å². The molecule has 0 radical (unpaired) electrons. The van der Waals surface area contributed by atoms with Crippen LogP contribution in [0.5, 0.6) is 11.5 Å². The summed E-state index contributed by atoms with van der Waals surface area (Å²) in [6.07, 6.45) is 1.06. The van der Waals surface area contributed by atoms with Crippen molar-refractivity contribution in [2.24, 2.45) is 0 Å². The Morgan fingerprint density at radius 1 is 1.19 bits per heavy atom. The second kappa shape index (κ2) is 7.95. The maximum atomic E-state index is 6.02. The van der Waals surface area contributed by atoms with E-state index in [0.717, 1.165) is 51.5 Å². The highest BCUT2D eigenvalue weighted by atomic mass is 16.5. The second-order valence-electron chi connectivity index (χ2n) is 5.03. The summed E-state index contributed by atoms with van der Waals surface area (Å²) in [4.78, 5) is 2.42. The normalized spacial score (nSPS) is 15.7. The molecular weight excluding hydrogens is 270 g/mol. The fraction of sp³-hybridized carbons (Fsp3) is 0.600. The highest BCUT2D eigenvalue weighted by Gasteiger charge is 2.11. The lowest BCUT2D eigenvalue weighted by atomic mass is 10.2. The standard InChI is InChI=1S/C15H25N3O3/c1-19-14-10-12(16)13(11-15(14)20-2)17-4-3-5-18-6-8-21-9-7-18/h10-11,17H,3-9,16H2,1-2H3. The van der Waals surface area contributed by atoms with Gasteiger partial charge in [0.2, 0.25) is 0 Å². The van der Waals surface area contributed by atoms with Gasteiger partial charge in [0.05, 0.1) is 38.8 Å². The van der Waals surface area contributed by atoms with Crippen LogP contribution >= 0.6 is 0 Å². The Labute approximate surface area is 126 Å². The molecule has 0 aliphatic carbocycles. The summed E-state index contributed by atoms with van der Waals surface area (Å²) in [5, 5.41) is 3.36. The fourth-order valence-electron chi connectivity index (χ4n) is 2.40. The van der Waals surface area contributed by atoms with Gasteiger partial charge in [-0.3, -0.25) is 4.90 Å². The summed E-state index contributed by atoms with van der Waals surface area (Å²) in [5.74, 6) is 1.33. The van der Waals surface area contributed by atoms with Crippen LogP contribution in [0.3, 0.4) is 0 Å². The minimum Gasteiger partial charge on any atom is -0.493 e. The highest BCUT2D eigenvalue weighted by molar-refractivity contribution is 5.71. The molecule has 0 amide bonds. The maximum absolute atomic E-state index is 6.02. The number of morpholine rings is 1. The molecule has 0 aromatic heterocycles. The van der Waals surface area contributed by atoms with Crippen molar-refractivity contribution in [3.8, 4) is 11.5 Å². The van der Waals surface area contributed by atoms with Crippen LogP contribution in [0.15, 0.2) is 12.1 Å². The van der Waals surface area contributed by atoms with Crippen LogP contribution in [-0.2, 0) is 4.74 Å². The zero-order chi connectivity index (χ0) is 15.1. The Hall–Kier alpha value is -1.66. The minimum atomic E-state index is 0.647. The molecule has 0 bridgehead atoms. The van der Waals surface area contributed by atoms with E-state index in [4.69, 9.17) is 19.9 Å². The summed E-state index contributed by atoms with van der Waals surface area (Å²) in [5.41, 5.74) is 7.57. The van der Waals surface area contributed by atoms with Crippen LogP contribution < -0.4 is 20.5 Å². The minimum absolute atomic E-state index is 0.647. The van der Waals surface area contributed by atoms with Gasteiger partial charge in [-0.05, 0) is 13.0 Å². The average molecular weight is 295 g/mol. The SMILES string of the molecule is COc1cc(N)c(NCCCN2CCOCC2)cc1OC. The van der Waals surface area contributed by atoms with Crippen molar-refractivity contribution in [2.45, 2.75) is 6.42 Å². The molecule has 1 aliphatic heterocycles. The Bertz CT molecular complexity index is 448. The number of nitrogens with zero attached hydrogens (tertiary/aromatic N) is 1. The molecule has 1 saturated heterocycles. The largest absolute Gasteiger partial charge is 0.493 e. The third-order valence-corrected chi connectivity index (χ3v) is 3.63. The van der Waals surface area contributed by atoms with Crippen LogP contribution in [0.1, 0.15) is 6.42 Å². The van der Waals surface area contributed by atoms with E-state index in [1.807, 2.05) is 6.07 Å². The molecule has 2 rings (SSSR count). The van der Waals surface area contributed by atoms with Gasteiger partial charge in [0.15, 0.2) is 11.5 Å². The molecule has 0 unspecified atom stereocenters. The number of nitrogens with two attached hydrogens (primary N) is 1. The monoisotopic (exact) mass is 295 g/mol. The predicted octanol–water partition coefficient (Wildman–Crippen LogP) is 1.42. The van der Waals surface area contributed by atoms with Crippen molar-refractivity contribution in [3.63, 3.8) is 0 Å². The first-order valence-electron chi connectivity index (χ1n) is 7.30. The van der Waals surface area contributed by atoms with Crippen molar-refractivity contribution in [1.82, 2.24) is 4.90 Å². The van der Waals surface area contributed by atoms with E-state index < -0.39 is 0 Å². The van der Waals surface area contributed by atoms with Crippen molar-refractivity contribution < 1.29 is 14.2 Å². The number of rotatable bonds is 7. The molecule has 1 fully saturated rings. The number of methoxy groups -OCH3 is 2. The zero-order valence-electron chi connectivity index (χ0n) is 12.9. The Morgan fingerprint density at radius 3 is 2.52 bits per heavy atom. The molecule has 1 aliphatic rings. The van der Waals surface area contributed by atoms with Gasteiger partial charge in [0.25, 0.3) is 0 Å². The van der Waals surface area contributed by atoms with Crippen LogP contribution in [0.4, 0.5) is 11.4 Å². The molecule has 0 spiro atoms. The summed E-state index contributed by atoms with van der Waals surface area (Å²) in [6, 6.07) is 3.66. The third-order valence-electron chi connectivity index (χ3n) is 3.63. The first-order valence-corrected chi connectivity index (χ1v) is 7.30. The highest BCUT2D eigenvalue weighted by Crippen LogP contribution is 2.34. The lowest BCUT2D eigenvalue weighted by Gasteiger charge is -2.26. The summed E-state index contributed by atoms with van der Waals surface area (Å²) < 4.78 is 15.9. The summed E-state index contributed by atoms with van der Waals surface area (Å²) in [6.45, 7) is 5.68. The number of ether oxygens (including phenoxy) is 3. The molecular formula is C15H25N3O3. The van der Waals surface area contributed by atoms with Crippen molar-refractivity contribution in [3.05, 3.63) is 12.1 Å². The van der Waals surface area contributed by atoms with E-state index in [1.165, 1.54) is 0 Å². The molecule has 0 saturated carbocycles. The lowest BCUT2D eigenvalue weighted by molar-refractivity contribution is 0.0378. The van der Waals surface area contributed by atoms with E-state index in [0.29, 0.717) is 17.2 Å². The molecule has 1 aromatic carbocycles. The Morgan fingerprint density at radius 2 is 1.86 bits per heavy atom. The molecule has 0 atom stereocenters. The Balaban J connectivity index is 1.82. The number of benzene rings is 1. The number of hydrogen-bond donors (Lipinski definition) is 2. The number of anilines is 2. The van der Waals surface area contributed by atoms with Crippen LogP contribution in [0.2, 0.25) is 0 Å². The van der Waals surface area contributed by atoms with Gasteiger partial charge in [-0.2, -0.15) is 0 Å². The number of hydrogen-bond acceptors (Lipinski definition) is 6. The maximum Gasteiger partial charge on any atom is 0.162 e. The first kappa shape index (κ1) is 15.7. The summed E-state index contributed by atoms with van der Waals surface area (Å²) >= 11 is 0. The van der Waals surface area contributed by atoms with Gasteiger partial charge in [0.1, 0.15) is 0 Å². The second-order valence-corrected chi connectivity index (χ2v) is 5.03. The lowest BCUT2D eigenvalue weighted by Crippen LogP contribution is -2.37. The molecule has 1 heterocycles.